The summed E-state index contributed by atoms with van der Waals surface area (Å²) in [7, 11) is 1.59. The summed E-state index contributed by atoms with van der Waals surface area (Å²) in [5.74, 6) is 0.894. The molecule has 0 saturated heterocycles. The summed E-state index contributed by atoms with van der Waals surface area (Å²) in [5.41, 5.74) is 5.18. The molecule has 0 saturated carbocycles. The van der Waals surface area contributed by atoms with Crippen molar-refractivity contribution in [3.05, 3.63) is 76.7 Å². The molecule has 172 valence electrons. The molecule has 5 aromatic rings. The first-order chi connectivity index (χ1) is 16.9. The molecule has 1 amide bonds. The number of aromatic nitrogens is 5. The molecule has 0 fully saturated rings. The van der Waals surface area contributed by atoms with Crippen molar-refractivity contribution in [3.63, 3.8) is 0 Å². The molecule has 9 nitrogen and oxygen atoms in total. The summed E-state index contributed by atoms with van der Waals surface area (Å²) in [6.45, 7) is 5.73. The minimum absolute atomic E-state index is 0.213. The lowest BCUT2D eigenvalue weighted by molar-refractivity contribution is 0.102. The summed E-state index contributed by atoms with van der Waals surface area (Å²) in [4.78, 5) is 27.0. The van der Waals surface area contributed by atoms with E-state index in [1.807, 2.05) is 45.0 Å². The molecule has 3 aromatic heterocycles. The standard InChI is InChI=1S/C26H21N7O2/c1-14-10-23(31-24-19(14)6-5-7-22(24)35-4)33-25(18(12-27)13-28-33)32-26(34)17-8-9-20-21(11-17)30-16(3)15(2)29-20/h5-11,13H,1-4H3,(H,32,34). The minimum Gasteiger partial charge on any atom is -0.494 e. The lowest BCUT2D eigenvalue weighted by Crippen LogP contribution is -2.16. The second-order valence-corrected chi connectivity index (χ2v) is 8.14. The smallest absolute Gasteiger partial charge is 0.256 e. The number of carbonyl (C=O) groups excluding carboxylic acids is 1. The van der Waals surface area contributed by atoms with Crippen molar-refractivity contribution in [2.45, 2.75) is 20.8 Å². The van der Waals surface area contributed by atoms with Gasteiger partial charge in [-0.25, -0.2) is 15.0 Å². The van der Waals surface area contributed by atoms with Crippen molar-refractivity contribution in [3.8, 4) is 17.6 Å². The third-order valence-corrected chi connectivity index (χ3v) is 5.89. The Kier molecular flexibility index (Phi) is 5.34. The first kappa shape index (κ1) is 22.0. The molecule has 2 aromatic carbocycles. The van der Waals surface area contributed by atoms with Crippen LogP contribution in [0.15, 0.2) is 48.7 Å². The fourth-order valence-electron chi connectivity index (χ4n) is 3.92. The Morgan fingerprint density at radius 1 is 1.03 bits per heavy atom. The molecule has 0 unspecified atom stereocenters. The maximum Gasteiger partial charge on any atom is 0.256 e. The Hall–Kier alpha value is -4.84. The minimum atomic E-state index is -0.403. The normalized spacial score (nSPS) is 10.9. The predicted molar refractivity (Wildman–Crippen MR) is 132 cm³/mol. The van der Waals surface area contributed by atoms with E-state index in [2.05, 4.69) is 26.5 Å². The average Bonchev–Trinajstić information content (AvgIpc) is 3.26. The number of anilines is 1. The van der Waals surface area contributed by atoms with Crippen LogP contribution < -0.4 is 10.1 Å². The number of nitriles is 1. The van der Waals surface area contributed by atoms with E-state index in [-0.39, 0.29) is 11.4 Å². The third kappa shape index (κ3) is 3.81. The first-order valence-electron chi connectivity index (χ1n) is 10.9. The van der Waals surface area contributed by atoms with E-state index in [0.717, 1.165) is 22.3 Å². The van der Waals surface area contributed by atoms with Gasteiger partial charge in [-0.1, -0.05) is 12.1 Å². The largest absolute Gasteiger partial charge is 0.494 e. The molecule has 5 rings (SSSR count). The van der Waals surface area contributed by atoms with E-state index in [1.54, 1.807) is 25.3 Å². The number of methoxy groups -OCH3 is 1. The second-order valence-electron chi connectivity index (χ2n) is 8.14. The highest BCUT2D eigenvalue weighted by molar-refractivity contribution is 6.06. The number of fused-ring (bicyclic) bond motifs is 2. The zero-order chi connectivity index (χ0) is 24.7. The summed E-state index contributed by atoms with van der Waals surface area (Å²) in [6, 6.07) is 14.7. The maximum atomic E-state index is 13.2. The lowest BCUT2D eigenvalue weighted by atomic mass is 10.1. The molecule has 0 aliphatic carbocycles. The Morgan fingerprint density at radius 3 is 2.54 bits per heavy atom. The van der Waals surface area contributed by atoms with Gasteiger partial charge < -0.3 is 10.1 Å². The summed E-state index contributed by atoms with van der Waals surface area (Å²) in [6.07, 6.45) is 1.40. The average molecular weight is 464 g/mol. The number of amides is 1. The van der Waals surface area contributed by atoms with Crippen LogP contribution >= 0.6 is 0 Å². The summed E-state index contributed by atoms with van der Waals surface area (Å²) >= 11 is 0. The van der Waals surface area contributed by atoms with Gasteiger partial charge in [0.25, 0.3) is 5.91 Å². The molecule has 35 heavy (non-hydrogen) atoms. The molecule has 0 spiro atoms. The van der Waals surface area contributed by atoms with Gasteiger partial charge in [-0.15, -0.1) is 0 Å². The van der Waals surface area contributed by atoms with Gasteiger partial charge in [0, 0.05) is 10.9 Å². The molecule has 9 heteroatoms. The molecule has 3 heterocycles. The maximum absolute atomic E-state index is 13.2. The molecule has 0 bridgehead atoms. The van der Waals surface area contributed by atoms with Crippen LogP contribution in [-0.2, 0) is 0 Å². The highest BCUT2D eigenvalue weighted by atomic mass is 16.5. The molecule has 0 atom stereocenters. The highest BCUT2D eigenvalue weighted by Crippen LogP contribution is 2.29. The van der Waals surface area contributed by atoms with Crippen LogP contribution in [0.25, 0.3) is 27.8 Å². The fourth-order valence-corrected chi connectivity index (χ4v) is 3.92. The van der Waals surface area contributed by atoms with E-state index < -0.39 is 5.91 Å². The van der Waals surface area contributed by atoms with Crippen molar-refractivity contribution < 1.29 is 9.53 Å². The van der Waals surface area contributed by atoms with Gasteiger partial charge >= 0.3 is 0 Å². The van der Waals surface area contributed by atoms with Crippen LogP contribution in [0.2, 0.25) is 0 Å². The number of pyridine rings is 1. The summed E-state index contributed by atoms with van der Waals surface area (Å²) < 4.78 is 6.93. The van der Waals surface area contributed by atoms with E-state index in [0.29, 0.717) is 33.7 Å². The Balaban J connectivity index is 1.57. The van der Waals surface area contributed by atoms with Gasteiger partial charge in [0.15, 0.2) is 11.6 Å². The number of hydrogen-bond donors (Lipinski definition) is 1. The van der Waals surface area contributed by atoms with Crippen LogP contribution in [0.1, 0.15) is 32.9 Å². The number of ether oxygens (including phenoxy) is 1. The highest BCUT2D eigenvalue weighted by Gasteiger charge is 2.19. The molecule has 0 aliphatic rings. The van der Waals surface area contributed by atoms with Gasteiger partial charge in [0.1, 0.15) is 22.9 Å². The molecule has 0 radical (unpaired) electrons. The molecule has 0 aliphatic heterocycles. The van der Waals surface area contributed by atoms with Crippen molar-refractivity contribution in [2.24, 2.45) is 0 Å². The lowest BCUT2D eigenvalue weighted by Gasteiger charge is -2.13. The van der Waals surface area contributed by atoms with Crippen LogP contribution in [-0.4, -0.2) is 37.7 Å². The quantitative estimate of drug-likeness (QED) is 0.419. The number of carbonyl (C=O) groups is 1. The Labute approximate surface area is 201 Å². The number of nitrogens with zero attached hydrogens (tertiary/aromatic N) is 6. The van der Waals surface area contributed by atoms with E-state index in [4.69, 9.17) is 9.72 Å². The van der Waals surface area contributed by atoms with Crippen LogP contribution in [0.5, 0.6) is 5.75 Å². The van der Waals surface area contributed by atoms with Crippen LogP contribution in [0.3, 0.4) is 0 Å². The fraction of sp³-hybridized carbons (Fsp3) is 0.154. The number of hydrogen-bond acceptors (Lipinski definition) is 7. The third-order valence-electron chi connectivity index (χ3n) is 5.89. The van der Waals surface area contributed by atoms with E-state index >= 15 is 0 Å². The zero-order valence-electron chi connectivity index (χ0n) is 19.6. The van der Waals surface area contributed by atoms with Gasteiger partial charge in [0.05, 0.1) is 35.7 Å². The second kappa shape index (κ2) is 8.50. The first-order valence-corrected chi connectivity index (χ1v) is 10.9. The number of aryl methyl sites for hydroxylation is 3. The van der Waals surface area contributed by atoms with Crippen molar-refractivity contribution in [2.75, 3.05) is 12.4 Å². The van der Waals surface area contributed by atoms with E-state index in [9.17, 15) is 10.1 Å². The van der Waals surface area contributed by atoms with Gasteiger partial charge in [-0.05, 0) is 56.7 Å². The Bertz CT molecular complexity index is 1680. The van der Waals surface area contributed by atoms with Gasteiger partial charge in [0.2, 0.25) is 0 Å². The predicted octanol–water partition coefficient (Wildman–Crippen LogP) is 4.42. The van der Waals surface area contributed by atoms with Crippen molar-refractivity contribution in [1.29, 1.82) is 5.26 Å². The summed E-state index contributed by atoms with van der Waals surface area (Å²) in [5, 5.41) is 17.8. The van der Waals surface area contributed by atoms with E-state index in [1.165, 1.54) is 10.9 Å². The van der Waals surface area contributed by atoms with Crippen molar-refractivity contribution in [1.82, 2.24) is 24.7 Å². The van der Waals surface area contributed by atoms with Gasteiger partial charge in [-0.3, -0.25) is 4.79 Å². The SMILES string of the molecule is COc1cccc2c(C)cc(-n3ncc(C#N)c3NC(=O)c3ccc4nc(C)c(C)nc4c3)nc12. The van der Waals surface area contributed by atoms with Crippen LogP contribution in [0, 0.1) is 32.1 Å². The van der Waals surface area contributed by atoms with Crippen LogP contribution in [0.4, 0.5) is 5.82 Å². The molecular weight excluding hydrogens is 442 g/mol. The molecular formula is C26H21N7O2. The zero-order valence-corrected chi connectivity index (χ0v) is 19.6. The number of nitrogens with one attached hydrogen (secondary N) is 1. The number of benzene rings is 2. The van der Waals surface area contributed by atoms with Gasteiger partial charge in [-0.2, -0.15) is 15.0 Å². The molecule has 1 N–H and O–H groups in total. The Morgan fingerprint density at radius 2 is 1.80 bits per heavy atom. The monoisotopic (exact) mass is 463 g/mol. The number of rotatable bonds is 4. The van der Waals surface area contributed by atoms with Crippen molar-refractivity contribution >= 4 is 33.7 Å². The topological polar surface area (TPSA) is 119 Å². The number of para-hydroxylation sites is 1.